The second-order valence-electron chi connectivity index (χ2n) is 8.57. The predicted molar refractivity (Wildman–Crippen MR) is 131 cm³/mol. The largest absolute Gasteiger partial charge is 0.491 e. The van der Waals surface area contributed by atoms with Crippen LogP contribution in [0.15, 0.2) is 54.5 Å². The van der Waals surface area contributed by atoms with Crippen molar-refractivity contribution in [1.82, 2.24) is 14.8 Å². The van der Waals surface area contributed by atoms with Crippen LogP contribution in [0.4, 0.5) is 0 Å². The highest BCUT2D eigenvalue weighted by Gasteiger charge is 2.40. The Morgan fingerprint density at radius 2 is 1.67 bits per heavy atom. The summed E-state index contributed by atoms with van der Waals surface area (Å²) in [5.41, 5.74) is 2.90. The number of ether oxygens (including phenoxy) is 1. The van der Waals surface area contributed by atoms with Gasteiger partial charge in [0.15, 0.2) is 0 Å². The molecule has 1 aliphatic heterocycles. The van der Waals surface area contributed by atoms with Gasteiger partial charge in [-0.05, 0) is 69.0 Å². The summed E-state index contributed by atoms with van der Waals surface area (Å²) in [6.07, 6.45) is 7.23. The van der Waals surface area contributed by atoms with Crippen molar-refractivity contribution in [2.24, 2.45) is 0 Å². The predicted octanol–water partition coefficient (Wildman–Crippen LogP) is 4.70. The van der Waals surface area contributed by atoms with E-state index < -0.39 is 0 Å². The molecular formula is C27H35N3O3. The summed E-state index contributed by atoms with van der Waals surface area (Å²) in [4.78, 5) is 34.5. The van der Waals surface area contributed by atoms with Gasteiger partial charge in [-0.3, -0.25) is 19.5 Å². The van der Waals surface area contributed by atoms with Crippen LogP contribution in [0.25, 0.3) is 5.57 Å². The van der Waals surface area contributed by atoms with E-state index in [0.29, 0.717) is 30.9 Å². The monoisotopic (exact) mass is 449 g/mol. The van der Waals surface area contributed by atoms with E-state index in [-0.39, 0.29) is 17.9 Å². The van der Waals surface area contributed by atoms with Crippen LogP contribution in [0.5, 0.6) is 5.75 Å². The number of likely N-dealkylation sites (N-methyl/N-ethyl adjacent to an activating group) is 1. The zero-order valence-electron chi connectivity index (χ0n) is 20.2. The summed E-state index contributed by atoms with van der Waals surface area (Å²) in [7, 11) is 0. The molecule has 6 heteroatoms. The Balaban J connectivity index is 1.93. The lowest BCUT2D eigenvalue weighted by atomic mass is 10.0. The van der Waals surface area contributed by atoms with Gasteiger partial charge in [0.05, 0.1) is 11.7 Å². The first kappa shape index (κ1) is 24.5. The molecular weight excluding hydrogens is 414 g/mol. The van der Waals surface area contributed by atoms with Crippen molar-refractivity contribution in [3.05, 3.63) is 65.6 Å². The Morgan fingerprint density at radius 1 is 0.970 bits per heavy atom. The van der Waals surface area contributed by atoms with Gasteiger partial charge in [0, 0.05) is 32.0 Å². The van der Waals surface area contributed by atoms with E-state index in [4.69, 9.17) is 4.74 Å². The van der Waals surface area contributed by atoms with Crippen LogP contribution in [0.1, 0.15) is 58.1 Å². The van der Waals surface area contributed by atoms with Crippen LogP contribution in [-0.4, -0.2) is 52.3 Å². The standard InChI is InChI=1S/C27H35N3O3/c1-5-7-8-18-30-26(31)24(22-9-11-23(12-10-22)33-20(3)4)25(27(30)32)29(6-2)19-15-21-13-16-28-17-14-21/h9-14,16-17,20H,5-8,15,18-19H2,1-4H3. The molecule has 0 bridgehead atoms. The first-order chi connectivity index (χ1) is 16.0. The molecule has 0 aliphatic carbocycles. The van der Waals surface area contributed by atoms with Gasteiger partial charge in [0.2, 0.25) is 0 Å². The molecule has 1 aromatic heterocycles. The number of hydrogen-bond donors (Lipinski definition) is 0. The number of carbonyl (C=O) groups is 2. The molecule has 33 heavy (non-hydrogen) atoms. The third-order valence-electron chi connectivity index (χ3n) is 5.76. The van der Waals surface area contributed by atoms with Crippen molar-refractivity contribution in [2.75, 3.05) is 19.6 Å². The van der Waals surface area contributed by atoms with E-state index in [1.807, 2.05) is 62.1 Å². The van der Waals surface area contributed by atoms with E-state index in [2.05, 4.69) is 11.9 Å². The molecule has 6 nitrogen and oxygen atoms in total. The Morgan fingerprint density at radius 3 is 2.27 bits per heavy atom. The zero-order valence-corrected chi connectivity index (χ0v) is 20.2. The average molecular weight is 450 g/mol. The fourth-order valence-corrected chi connectivity index (χ4v) is 4.05. The maximum atomic E-state index is 13.5. The summed E-state index contributed by atoms with van der Waals surface area (Å²) >= 11 is 0. The summed E-state index contributed by atoms with van der Waals surface area (Å²) in [6.45, 7) is 9.83. The fraction of sp³-hybridized carbons (Fsp3) is 0.444. The van der Waals surface area contributed by atoms with E-state index in [1.54, 1.807) is 12.4 Å². The number of carbonyl (C=O) groups excluding carboxylic acids is 2. The molecule has 0 atom stereocenters. The lowest BCUT2D eigenvalue weighted by molar-refractivity contribution is -0.137. The summed E-state index contributed by atoms with van der Waals surface area (Å²) in [6, 6.07) is 11.5. The van der Waals surface area contributed by atoms with Crippen molar-refractivity contribution >= 4 is 17.4 Å². The van der Waals surface area contributed by atoms with Crippen LogP contribution in [0.2, 0.25) is 0 Å². The summed E-state index contributed by atoms with van der Waals surface area (Å²) < 4.78 is 5.76. The minimum atomic E-state index is -0.203. The second-order valence-corrected chi connectivity index (χ2v) is 8.57. The van der Waals surface area contributed by atoms with Gasteiger partial charge in [-0.2, -0.15) is 0 Å². The number of rotatable bonds is 12. The minimum Gasteiger partial charge on any atom is -0.491 e. The highest BCUT2D eigenvalue weighted by atomic mass is 16.5. The smallest absolute Gasteiger partial charge is 0.277 e. The van der Waals surface area contributed by atoms with Crippen LogP contribution in [-0.2, 0) is 16.0 Å². The molecule has 0 N–H and O–H groups in total. The molecule has 0 unspecified atom stereocenters. The van der Waals surface area contributed by atoms with E-state index in [9.17, 15) is 9.59 Å². The first-order valence-corrected chi connectivity index (χ1v) is 12.0. The van der Waals surface area contributed by atoms with E-state index in [1.165, 1.54) is 4.90 Å². The third-order valence-corrected chi connectivity index (χ3v) is 5.76. The SMILES string of the molecule is CCCCCN1C(=O)C(c2ccc(OC(C)C)cc2)=C(N(CC)CCc2ccncc2)C1=O. The number of pyridine rings is 1. The molecule has 2 aromatic rings. The number of benzene rings is 1. The van der Waals surface area contributed by atoms with Gasteiger partial charge in [0.25, 0.3) is 11.8 Å². The van der Waals surface area contributed by atoms with Crippen molar-refractivity contribution in [3.63, 3.8) is 0 Å². The highest BCUT2D eigenvalue weighted by molar-refractivity contribution is 6.35. The van der Waals surface area contributed by atoms with Crippen molar-refractivity contribution in [2.45, 2.75) is 59.5 Å². The van der Waals surface area contributed by atoms with Gasteiger partial charge in [-0.1, -0.05) is 31.9 Å². The van der Waals surface area contributed by atoms with Gasteiger partial charge in [0.1, 0.15) is 11.4 Å². The molecule has 0 saturated carbocycles. The quantitative estimate of drug-likeness (QED) is 0.347. The maximum absolute atomic E-state index is 13.5. The maximum Gasteiger partial charge on any atom is 0.277 e. The highest BCUT2D eigenvalue weighted by Crippen LogP contribution is 2.33. The Hall–Kier alpha value is -3.15. The number of imide groups is 1. The lowest BCUT2D eigenvalue weighted by Gasteiger charge is -2.25. The number of aromatic nitrogens is 1. The molecule has 0 spiro atoms. The van der Waals surface area contributed by atoms with Crippen molar-refractivity contribution in [3.8, 4) is 5.75 Å². The molecule has 0 fully saturated rings. The van der Waals surface area contributed by atoms with E-state index >= 15 is 0 Å². The van der Waals surface area contributed by atoms with Gasteiger partial charge >= 0.3 is 0 Å². The van der Waals surface area contributed by atoms with Crippen molar-refractivity contribution in [1.29, 1.82) is 0 Å². The van der Waals surface area contributed by atoms with Crippen LogP contribution >= 0.6 is 0 Å². The fourth-order valence-electron chi connectivity index (χ4n) is 4.05. The van der Waals surface area contributed by atoms with Crippen LogP contribution < -0.4 is 4.74 Å². The van der Waals surface area contributed by atoms with E-state index in [0.717, 1.165) is 42.6 Å². The topological polar surface area (TPSA) is 62.7 Å². The lowest BCUT2D eigenvalue weighted by Crippen LogP contribution is -2.36. The molecule has 1 aromatic carbocycles. The van der Waals surface area contributed by atoms with Crippen LogP contribution in [0, 0.1) is 0 Å². The van der Waals surface area contributed by atoms with Gasteiger partial charge in [-0.15, -0.1) is 0 Å². The summed E-state index contributed by atoms with van der Waals surface area (Å²) in [5.74, 6) is 0.355. The van der Waals surface area contributed by atoms with Gasteiger partial charge < -0.3 is 9.64 Å². The average Bonchev–Trinajstić information content (AvgIpc) is 3.05. The Labute approximate surface area is 197 Å². The normalized spacial score (nSPS) is 13.9. The van der Waals surface area contributed by atoms with Gasteiger partial charge in [-0.25, -0.2) is 0 Å². The number of unbranched alkanes of at least 4 members (excludes halogenated alkanes) is 2. The third kappa shape index (κ3) is 6.01. The van der Waals surface area contributed by atoms with Crippen LogP contribution in [0.3, 0.4) is 0 Å². The number of nitrogens with zero attached hydrogens (tertiary/aromatic N) is 3. The summed E-state index contributed by atoms with van der Waals surface area (Å²) in [5, 5.41) is 0. The second kappa shape index (κ2) is 11.6. The number of hydrogen-bond acceptors (Lipinski definition) is 5. The molecule has 0 saturated heterocycles. The Bertz CT molecular complexity index is 968. The first-order valence-electron chi connectivity index (χ1n) is 12.0. The zero-order chi connectivity index (χ0) is 23.8. The molecule has 2 heterocycles. The minimum absolute atomic E-state index is 0.0677. The van der Waals surface area contributed by atoms with Crippen molar-refractivity contribution < 1.29 is 14.3 Å². The Kier molecular flexibility index (Phi) is 8.64. The molecule has 2 amide bonds. The molecule has 176 valence electrons. The molecule has 0 radical (unpaired) electrons. The molecule has 3 rings (SSSR count). The number of amides is 2. The molecule has 1 aliphatic rings.